The van der Waals surface area contributed by atoms with E-state index < -0.39 is 0 Å². The quantitative estimate of drug-likeness (QED) is 0.776. The average molecular weight is 338 g/mol. The molecular weight excluding hydrogens is 312 g/mol. The van der Waals surface area contributed by atoms with Crippen molar-refractivity contribution in [3.63, 3.8) is 0 Å². The molecule has 1 aromatic rings. The molecule has 2 N–H and O–H groups in total. The zero-order valence-electron chi connectivity index (χ0n) is 13.9. The molecule has 1 atom stereocenters. The van der Waals surface area contributed by atoms with Crippen molar-refractivity contribution in [2.45, 2.75) is 26.3 Å². The van der Waals surface area contributed by atoms with Crippen LogP contribution >= 0.6 is 11.3 Å². The van der Waals surface area contributed by atoms with E-state index in [1.165, 1.54) is 12.5 Å². The van der Waals surface area contributed by atoms with E-state index >= 15 is 0 Å². The van der Waals surface area contributed by atoms with E-state index in [2.05, 4.69) is 39.3 Å². The first-order valence-corrected chi connectivity index (χ1v) is 9.05. The van der Waals surface area contributed by atoms with E-state index in [9.17, 15) is 9.59 Å². The Balaban J connectivity index is 1.65. The summed E-state index contributed by atoms with van der Waals surface area (Å²) >= 11 is 1.72. The molecule has 2 rings (SSSR count). The lowest BCUT2D eigenvalue weighted by Crippen LogP contribution is -2.52. The van der Waals surface area contributed by atoms with Gasteiger partial charge >= 0.3 is 6.03 Å². The number of hydrogen-bond acceptors (Lipinski definition) is 4. The van der Waals surface area contributed by atoms with Crippen LogP contribution < -0.4 is 10.6 Å². The third kappa shape index (κ3) is 5.51. The van der Waals surface area contributed by atoms with Gasteiger partial charge in [0.15, 0.2) is 0 Å². The summed E-state index contributed by atoms with van der Waals surface area (Å²) in [5.41, 5.74) is 1.35. The third-order valence-electron chi connectivity index (χ3n) is 4.18. The maximum atomic E-state index is 12.1. The minimum absolute atomic E-state index is 0.00402. The summed E-state index contributed by atoms with van der Waals surface area (Å²) in [5.74, 6) is -0.0350. The van der Waals surface area contributed by atoms with E-state index in [1.54, 1.807) is 11.3 Å². The number of urea groups is 1. The number of carbonyl (C=O) groups excluding carboxylic acids is 2. The van der Waals surface area contributed by atoms with Gasteiger partial charge in [0.25, 0.3) is 0 Å². The number of carbonyl (C=O) groups is 2. The molecule has 1 aliphatic rings. The number of nitrogens with zero attached hydrogens (tertiary/aromatic N) is 2. The maximum Gasteiger partial charge on any atom is 0.317 e. The van der Waals surface area contributed by atoms with Crippen LogP contribution in [0.15, 0.2) is 16.8 Å². The summed E-state index contributed by atoms with van der Waals surface area (Å²) in [5, 5.41) is 9.94. The summed E-state index contributed by atoms with van der Waals surface area (Å²) in [6.07, 6.45) is 0.750. The van der Waals surface area contributed by atoms with E-state index in [-0.39, 0.29) is 11.9 Å². The monoisotopic (exact) mass is 338 g/mol. The highest BCUT2D eigenvalue weighted by atomic mass is 32.1. The summed E-state index contributed by atoms with van der Waals surface area (Å²) < 4.78 is 0. The van der Waals surface area contributed by atoms with Gasteiger partial charge in [-0.25, -0.2) is 4.79 Å². The van der Waals surface area contributed by atoms with Crippen LogP contribution in [0.2, 0.25) is 0 Å². The van der Waals surface area contributed by atoms with Crippen LogP contribution in [0.25, 0.3) is 0 Å². The largest absolute Gasteiger partial charge is 0.356 e. The Labute approximate surface area is 141 Å². The first kappa shape index (κ1) is 17.7. The zero-order chi connectivity index (χ0) is 16.7. The van der Waals surface area contributed by atoms with E-state index in [1.807, 2.05) is 4.90 Å². The SMILES string of the molecule is CC(=O)NCCCNC(=O)N1CCN(C(C)c2ccsc2)CC1. The maximum absolute atomic E-state index is 12.1. The Hall–Kier alpha value is -1.60. The smallest absolute Gasteiger partial charge is 0.317 e. The highest BCUT2D eigenvalue weighted by Crippen LogP contribution is 2.23. The van der Waals surface area contributed by atoms with Crippen molar-refractivity contribution in [2.75, 3.05) is 39.3 Å². The number of thiophene rings is 1. The predicted octanol–water partition coefficient (Wildman–Crippen LogP) is 1.66. The Kier molecular flexibility index (Phi) is 6.85. The van der Waals surface area contributed by atoms with E-state index in [0.29, 0.717) is 19.1 Å². The Morgan fingerprint density at radius 2 is 1.91 bits per heavy atom. The fraction of sp³-hybridized carbons (Fsp3) is 0.625. The van der Waals surface area contributed by atoms with Crippen molar-refractivity contribution in [1.29, 1.82) is 0 Å². The number of rotatable bonds is 6. The van der Waals surface area contributed by atoms with Crippen LogP contribution in [0.1, 0.15) is 31.9 Å². The normalized spacial score (nSPS) is 16.9. The van der Waals surface area contributed by atoms with Crippen LogP contribution in [0, 0.1) is 0 Å². The molecule has 0 radical (unpaired) electrons. The third-order valence-corrected chi connectivity index (χ3v) is 4.88. The van der Waals surface area contributed by atoms with Crippen molar-refractivity contribution >= 4 is 23.3 Å². The van der Waals surface area contributed by atoms with Crippen LogP contribution in [0.5, 0.6) is 0 Å². The lowest BCUT2D eigenvalue weighted by molar-refractivity contribution is -0.118. The van der Waals surface area contributed by atoms with Crippen molar-refractivity contribution in [3.8, 4) is 0 Å². The molecule has 0 spiro atoms. The standard InChI is InChI=1S/C16H26N4O2S/c1-13(15-4-11-23-12-15)19-7-9-20(10-8-19)16(22)18-6-3-5-17-14(2)21/h4,11-13H,3,5-10H2,1-2H3,(H,17,21)(H,18,22). The number of nitrogens with one attached hydrogen (secondary N) is 2. The van der Waals surface area contributed by atoms with Gasteiger partial charge < -0.3 is 15.5 Å². The fourth-order valence-electron chi connectivity index (χ4n) is 2.70. The molecule has 128 valence electrons. The first-order valence-electron chi connectivity index (χ1n) is 8.11. The number of amides is 3. The molecule has 3 amide bonds. The molecule has 1 aliphatic heterocycles. The summed E-state index contributed by atoms with van der Waals surface area (Å²) in [6.45, 7) is 8.21. The highest BCUT2D eigenvalue weighted by molar-refractivity contribution is 7.07. The molecule has 1 saturated heterocycles. The Morgan fingerprint density at radius 1 is 1.22 bits per heavy atom. The first-order chi connectivity index (χ1) is 11.1. The molecule has 1 unspecified atom stereocenters. The minimum Gasteiger partial charge on any atom is -0.356 e. The topological polar surface area (TPSA) is 64.7 Å². The molecule has 6 nitrogen and oxygen atoms in total. The molecule has 1 fully saturated rings. The second-order valence-corrected chi connectivity index (χ2v) is 6.60. The van der Waals surface area contributed by atoms with Gasteiger partial charge in [-0.05, 0) is 35.7 Å². The molecular formula is C16H26N4O2S. The molecule has 0 bridgehead atoms. The minimum atomic E-state index is -0.0350. The molecule has 0 saturated carbocycles. The molecule has 23 heavy (non-hydrogen) atoms. The van der Waals surface area contributed by atoms with E-state index in [4.69, 9.17) is 0 Å². The molecule has 7 heteroatoms. The van der Waals surface area contributed by atoms with Crippen LogP contribution in [0.3, 0.4) is 0 Å². The van der Waals surface area contributed by atoms with Crippen LogP contribution in [-0.2, 0) is 4.79 Å². The lowest BCUT2D eigenvalue weighted by atomic mass is 10.1. The highest BCUT2D eigenvalue weighted by Gasteiger charge is 2.24. The lowest BCUT2D eigenvalue weighted by Gasteiger charge is -2.37. The van der Waals surface area contributed by atoms with Crippen LogP contribution in [-0.4, -0.2) is 61.0 Å². The number of piperazine rings is 1. The van der Waals surface area contributed by atoms with Gasteiger partial charge in [-0.1, -0.05) is 0 Å². The van der Waals surface area contributed by atoms with Gasteiger partial charge in [0.1, 0.15) is 0 Å². The van der Waals surface area contributed by atoms with Gasteiger partial charge in [-0.15, -0.1) is 0 Å². The fourth-order valence-corrected chi connectivity index (χ4v) is 3.44. The van der Waals surface area contributed by atoms with Crippen molar-refractivity contribution in [2.24, 2.45) is 0 Å². The molecule has 0 aliphatic carbocycles. The van der Waals surface area contributed by atoms with Gasteiger partial charge in [0, 0.05) is 52.2 Å². The predicted molar refractivity (Wildman–Crippen MR) is 92.6 cm³/mol. The van der Waals surface area contributed by atoms with Crippen molar-refractivity contribution in [1.82, 2.24) is 20.4 Å². The Bertz CT molecular complexity index is 498. The van der Waals surface area contributed by atoms with Crippen molar-refractivity contribution in [3.05, 3.63) is 22.4 Å². The second kappa shape index (κ2) is 8.88. The van der Waals surface area contributed by atoms with Gasteiger partial charge in [0.05, 0.1) is 0 Å². The van der Waals surface area contributed by atoms with E-state index in [0.717, 1.165) is 32.6 Å². The van der Waals surface area contributed by atoms with Crippen LogP contribution in [0.4, 0.5) is 4.79 Å². The van der Waals surface area contributed by atoms with Crippen molar-refractivity contribution < 1.29 is 9.59 Å². The number of hydrogen-bond donors (Lipinski definition) is 2. The Morgan fingerprint density at radius 3 is 2.52 bits per heavy atom. The second-order valence-electron chi connectivity index (χ2n) is 5.82. The molecule has 0 aromatic carbocycles. The summed E-state index contributed by atoms with van der Waals surface area (Å²) in [7, 11) is 0. The molecule has 1 aromatic heterocycles. The van der Waals surface area contributed by atoms with Gasteiger partial charge in [-0.2, -0.15) is 11.3 Å². The zero-order valence-corrected chi connectivity index (χ0v) is 14.7. The summed E-state index contributed by atoms with van der Waals surface area (Å²) in [6, 6.07) is 2.57. The average Bonchev–Trinajstić information content (AvgIpc) is 3.08. The van der Waals surface area contributed by atoms with Gasteiger partial charge in [-0.3, -0.25) is 9.69 Å². The summed E-state index contributed by atoms with van der Waals surface area (Å²) in [4.78, 5) is 27.1. The van der Waals surface area contributed by atoms with Gasteiger partial charge in [0.2, 0.25) is 5.91 Å². The molecule has 2 heterocycles.